The van der Waals surface area contributed by atoms with E-state index in [-0.39, 0.29) is 50.7 Å². The summed E-state index contributed by atoms with van der Waals surface area (Å²) in [5, 5.41) is 19.3. The van der Waals surface area contributed by atoms with Gasteiger partial charge in [-0.25, -0.2) is 9.78 Å². The van der Waals surface area contributed by atoms with E-state index >= 15 is 0 Å². The number of carbonyl (C=O) groups excluding carboxylic acids is 3. The number of carbonyl (C=O) groups is 3. The largest absolute Gasteiger partial charge is 0.458 e. The molecule has 16 heteroatoms. The number of hydrogen-bond acceptors (Lipinski definition) is 15. The van der Waals surface area contributed by atoms with Crippen LogP contribution in [0.15, 0.2) is 41.0 Å². The zero-order valence-corrected chi connectivity index (χ0v) is 38.0. The summed E-state index contributed by atoms with van der Waals surface area (Å²) in [7, 11) is 3.83. The van der Waals surface area contributed by atoms with Crippen molar-refractivity contribution in [3.63, 3.8) is 0 Å². The number of ketones is 1. The first-order valence-electron chi connectivity index (χ1n) is 21.8. The quantitative estimate of drug-likeness (QED) is 0.253. The van der Waals surface area contributed by atoms with E-state index in [9.17, 15) is 19.5 Å². The number of nitrogens with zero attached hydrogens (tertiary/aromatic N) is 4. The maximum atomic E-state index is 14.9. The van der Waals surface area contributed by atoms with E-state index in [0.717, 1.165) is 16.1 Å². The molecule has 0 aliphatic carbocycles. The number of rotatable bonds is 8. The summed E-state index contributed by atoms with van der Waals surface area (Å²) < 4.78 is 39.9. The Labute approximate surface area is 363 Å². The van der Waals surface area contributed by atoms with Crippen LogP contribution in [0.4, 0.5) is 4.79 Å². The van der Waals surface area contributed by atoms with Crippen molar-refractivity contribution in [2.24, 2.45) is 34.7 Å². The second-order valence-electron chi connectivity index (χ2n) is 18.5. The van der Waals surface area contributed by atoms with Crippen molar-refractivity contribution in [2.75, 3.05) is 33.9 Å². The Bertz CT molecular complexity index is 1900. The van der Waals surface area contributed by atoms with Crippen LogP contribution < -0.4 is 0 Å². The molecule has 2 aromatic rings. The highest BCUT2D eigenvalue weighted by molar-refractivity contribution is 7.13. The van der Waals surface area contributed by atoms with E-state index < -0.39 is 89.6 Å². The second-order valence-corrected chi connectivity index (χ2v) is 19.4. The van der Waals surface area contributed by atoms with Gasteiger partial charge in [0.05, 0.1) is 61.3 Å². The van der Waals surface area contributed by atoms with Gasteiger partial charge in [-0.1, -0.05) is 57.1 Å². The first-order chi connectivity index (χ1) is 28.9. The van der Waals surface area contributed by atoms with E-state index in [1.54, 1.807) is 36.3 Å². The van der Waals surface area contributed by atoms with E-state index in [4.69, 9.17) is 38.4 Å². The summed E-state index contributed by atoms with van der Waals surface area (Å²) in [6.45, 7) is 15.1. The molecule has 0 radical (unpaired) electrons. The van der Waals surface area contributed by atoms with Gasteiger partial charge in [-0.2, -0.15) is 0 Å². The molecule has 15 atom stereocenters. The number of Topliss-reactive ketones (excluding diaryl/α,β-unsaturated/α-hetero) is 1. The third-order valence-corrected chi connectivity index (χ3v) is 14.6. The summed E-state index contributed by atoms with van der Waals surface area (Å²) >= 11 is 1.56. The van der Waals surface area contributed by atoms with Gasteiger partial charge in [0.15, 0.2) is 11.9 Å². The Kier molecular flexibility index (Phi) is 13.7. The van der Waals surface area contributed by atoms with Crippen LogP contribution in [0.2, 0.25) is 0 Å². The number of aromatic nitrogens is 1. The van der Waals surface area contributed by atoms with E-state index in [1.807, 2.05) is 90.2 Å². The average Bonchev–Trinajstić information content (AvgIpc) is 3.86. The zero-order valence-electron chi connectivity index (χ0n) is 37.1. The highest BCUT2D eigenvalue weighted by Crippen LogP contribution is 2.45. The van der Waals surface area contributed by atoms with E-state index in [0.29, 0.717) is 18.6 Å². The Morgan fingerprint density at radius 1 is 1.05 bits per heavy atom. The molecule has 15 nitrogen and oxygen atoms in total. The van der Waals surface area contributed by atoms with Crippen LogP contribution in [0.25, 0.3) is 10.6 Å². The Morgan fingerprint density at radius 3 is 2.46 bits per heavy atom. The van der Waals surface area contributed by atoms with Gasteiger partial charge >= 0.3 is 12.1 Å². The zero-order chi connectivity index (χ0) is 44.0. The van der Waals surface area contributed by atoms with Crippen LogP contribution >= 0.6 is 11.3 Å². The minimum absolute atomic E-state index is 0.0446. The topological polar surface area (TPSA) is 168 Å². The number of aliphatic hydroxyl groups is 1. The number of amides is 1. The lowest BCUT2D eigenvalue weighted by Gasteiger charge is -2.48. The molecule has 61 heavy (non-hydrogen) atoms. The molecule has 0 saturated carbocycles. The van der Waals surface area contributed by atoms with Gasteiger partial charge in [-0.3, -0.25) is 14.5 Å². The number of hydrogen-bond donors (Lipinski definition) is 1. The molecule has 6 bridgehead atoms. The van der Waals surface area contributed by atoms with Gasteiger partial charge in [0.25, 0.3) is 0 Å². The number of benzene rings is 1. The van der Waals surface area contributed by atoms with Crippen LogP contribution in [-0.4, -0.2) is 137 Å². The summed E-state index contributed by atoms with van der Waals surface area (Å²) in [6, 6.07) is 6.82. The normalized spacial score (nSPS) is 40.5. The van der Waals surface area contributed by atoms with Crippen LogP contribution in [0.3, 0.4) is 0 Å². The summed E-state index contributed by atoms with van der Waals surface area (Å²) in [4.78, 5) is 57.6. The predicted octanol–water partition coefficient (Wildman–Crippen LogP) is 5.72. The van der Waals surface area contributed by atoms with Crippen LogP contribution in [0.5, 0.6) is 0 Å². The predicted molar refractivity (Wildman–Crippen MR) is 226 cm³/mol. The molecule has 1 aromatic heterocycles. The Balaban J connectivity index is 1.34. The van der Waals surface area contributed by atoms with E-state index in [2.05, 4.69) is 4.98 Å². The third-order valence-electron chi connectivity index (χ3n) is 13.8. The molecular weight excluding hydrogens is 805 g/mol. The first kappa shape index (κ1) is 45.5. The summed E-state index contributed by atoms with van der Waals surface area (Å²) in [6.07, 6.45) is -2.55. The van der Waals surface area contributed by atoms with Gasteiger partial charge in [0.1, 0.15) is 29.6 Å². The van der Waals surface area contributed by atoms with Crippen molar-refractivity contribution >= 4 is 34.9 Å². The number of ether oxygens (including phenoxy) is 6. The highest BCUT2D eigenvalue weighted by Gasteiger charge is 2.61. The molecule has 1 aromatic carbocycles. The van der Waals surface area contributed by atoms with Gasteiger partial charge < -0.3 is 43.3 Å². The second kappa shape index (κ2) is 18.3. The van der Waals surface area contributed by atoms with Crippen molar-refractivity contribution in [3.05, 3.63) is 41.4 Å². The third kappa shape index (κ3) is 9.00. The monoisotopic (exact) mass is 868 g/mol. The van der Waals surface area contributed by atoms with Crippen molar-refractivity contribution in [3.8, 4) is 10.6 Å². The number of aliphatic hydroxyl groups excluding tert-OH is 1. The lowest BCUT2D eigenvalue weighted by molar-refractivity contribution is -0.302. The van der Waals surface area contributed by atoms with Crippen molar-refractivity contribution in [1.29, 1.82) is 0 Å². The SMILES string of the molecule is CC[C@H]1OC(=O)[C@H](C)[C@H]2OCC3COC(C)(C[C@@H](C)C(=O)[C@H](C)[C@@H]4N(C/C3=N/OCc3ccc(-c5nccs5)cc3)C(=O)OC41C)[C@H](O[C@@H]1O[C@H](C)C[C@H](N(C)C)[C@H]1O)[C@H]2C. The highest BCUT2D eigenvalue weighted by atomic mass is 32.1. The van der Waals surface area contributed by atoms with Gasteiger partial charge in [-0.15, -0.1) is 11.3 Å². The maximum absolute atomic E-state index is 14.9. The fourth-order valence-electron chi connectivity index (χ4n) is 10.5. The minimum atomic E-state index is -1.39. The number of esters is 1. The Hall–Kier alpha value is -3.51. The van der Waals surface area contributed by atoms with Crippen LogP contribution in [-0.2, 0) is 49.5 Å². The fourth-order valence-corrected chi connectivity index (χ4v) is 11.1. The molecule has 5 fully saturated rings. The van der Waals surface area contributed by atoms with Crippen molar-refractivity contribution in [1.82, 2.24) is 14.8 Å². The number of cyclic esters (lactones) is 1. The van der Waals surface area contributed by atoms with Gasteiger partial charge in [0, 0.05) is 46.9 Å². The number of thiazole rings is 1. The smallest absolute Gasteiger partial charge is 0.411 e. The standard InChI is InChI=1S/C45H64N4O11S/c1-11-34-45(8)38-26(4)35(50)24(2)19-44(7)39(59-42-36(51)33(48(9)10)18-25(3)57-42)27(5)37(28(6)41(52)58-34)54-22-31(23-55-44)32(20-49(38)43(53)60-45)47-56-21-29-12-14-30(15-13-29)40-46-16-17-61-40/h12-17,24-28,31,33-34,36-39,42,51H,11,18-23H2,1-10H3/b47-32-/t24-,25-,26+,27+,28-,31?,33+,34-,36-,37+,38+,39-,42+,44?,45?/m1/s1. The first-order valence-corrected chi connectivity index (χ1v) is 22.7. The van der Waals surface area contributed by atoms with Crippen molar-refractivity contribution in [2.45, 2.75) is 141 Å². The van der Waals surface area contributed by atoms with Crippen LogP contribution in [0.1, 0.15) is 80.2 Å². The summed E-state index contributed by atoms with van der Waals surface area (Å²) in [5.41, 5.74) is -0.257. The molecule has 7 rings (SSSR count). The lowest BCUT2D eigenvalue weighted by atomic mass is 9.73. The molecule has 3 unspecified atom stereocenters. The summed E-state index contributed by atoms with van der Waals surface area (Å²) in [5.74, 6) is -3.97. The molecule has 0 spiro atoms. The molecule has 5 aliphatic rings. The average molecular weight is 869 g/mol. The molecule has 5 aliphatic heterocycles. The molecule has 6 heterocycles. The minimum Gasteiger partial charge on any atom is -0.458 e. The molecular formula is C45H64N4O11S. The number of likely N-dealkylation sites (N-methyl/N-ethyl adjacent to an activating group) is 1. The molecule has 1 amide bonds. The van der Waals surface area contributed by atoms with Gasteiger partial charge in [0.2, 0.25) is 0 Å². The number of fused-ring (bicyclic) bond motifs is 5. The molecule has 1 N–H and O–H groups in total. The molecule has 5 saturated heterocycles. The van der Waals surface area contributed by atoms with Crippen molar-refractivity contribution < 1.29 is 52.7 Å². The maximum Gasteiger partial charge on any atom is 0.411 e. The fraction of sp³-hybridized carbons (Fsp3) is 0.711. The van der Waals surface area contributed by atoms with Gasteiger partial charge in [-0.05, 0) is 66.6 Å². The van der Waals surface area contributed by atoms with Crippen LogP contribution in [0, 0.1) is 29.6 Å². The lowest BCUT2D eigenvalue weighted by Crippen LogP contribution is -2.61. The number of oxime groups is 1. The van der Waals surface area contributed by atoms with E-state index in [1.165, 1.54) is 0 Å². The molecule has 336 valence electrons. The Morgan fingerprint density at radius 2 is 1.79 bits per heavy atom.